The molecule has 0 saturated carbocycles. The van der Waals surface area contributed by atoms with Crippen LogP contribution in [-0.2, 0) is 6.54 Å². The Bertz CT molecular complexity index is 555. The van der Waals surface area contributed by atoms with E-state index in [1.54, 1.807) is 6.92 Å². The zero-order valence-electron chi connectivity index (χ0n) is 10.4. The van der Waals surface area contributed by atoms with Gasteiger partial charge in [0.25, 0.3) is 0 Å². The molecule has 2 rings (SSSR count). The van der Waals surface area contributed by atoms with Crippen molar-refractivity contribution in [2.24, 2.45) is 0 Å². The maximum atomic E-state index is 11.4. The number of carbonyl (C=O) groups is 1. The second-order valence-corrected chi connectivity index (χ2v) is 4.10. The van der Waals surface area contributed by atoms with Crippen LogP contribution in [0.4, 0.5) is 0 Å². The van der Waals surface area contributed by atoms with Crippen molar-refractivity contribution in [3.63, 3.8) is 0 Å². The minimum absolute atomic E-state index is 0.0902. The lowest BCUT2D eigenvalue weighted by Crippen LogP contribution is -1.98. The minimum atomic E-state index is 0.0902. The summed E-state index contributed by atoms with van der Waals surface area (Å²) >= 11 is 0. The Balaban J connectivity index is 2.49. The second-order valence-electron chi connectivity index (χ2n) is 4.10. The molecule has 0 saturated heterocycles. The standard InChI is InChI=1S/C14H16N2O/c1-4-16-10(2)14(9-15-16)13-7-5-6-12(8-13)11(3)17/h5-9H,4H2,1-3H3. The van der Waals surface area contributed by atoms with Crippen molar-refractivity contribution >= 4 is 5.78 Å². The fraction of sp³-hybridized carbons (Fsp3) is 0.286. The van der Waals surface area contributed by atoms with E-state index in [9.17, 15) is 4.79 Å². The lowest BCUT2D eigenvalue weighted by molar-refractivity contribution is 0.101. The molecular weight excluding hydrogens is 212 g/mol. The highest BCUT2D eigenvalue weighted by atomic mass is 16.1. The number of nitrogens with zero attached hydrogens (tertiary/aromatic N) is 2. The fourth-order valence-electron chi connectivity index (χ4n) is 1.95. The van der Waals surface area contributed by atoms with Crippen LogP contribution in [-0.4, -0.2) is 15.6 Å². The topological polar surface area (TPSA) is 34.9 Å². The van der Waals surface area contributed by atoms with Crippen LogP contribution < -0.4 is 0 Å². The Labute approximate surface area is 101 Å². The van der Waals surface area contributed by atoms with Crippen LogP contribution in [0.25, 0.3) is 11.1 Å². The Hall–Kier alpha value is -1.90. The number of ketones is 1. The summed E-state index contributed by atoms with van der Waals surface area (Å²) in [5.74, 6) is 0.0902. The lowest BCUT2D eigenvalue weighted by atomic mass is 10.0. The third-order valence-corrected chi connectivity index (χ3v) is 2.98. The van der Waals surface area contributed by atoms with Gasteiger partial charge in [-0.15, -0.1) is 0 Å². The first kappa shape index (κ1) is 11.6. The summed E-state index contributed by atoms with van der Waals surface area (Å²) < 4.78 is 1.95. The summed E-state index contributed by atoms with van der Waals surface area (Å²) in [5, 5.41) is 4.32. The third-order valence-electron chi connectivity index (χ3n) is 2.98. The van der Waals surface area contributed by atoms with Crippen molar-refractivity contribution in [1.29, 1.82) is 0 Å². The van der Waals surface area contributed by atoms with Crippen LogP contribution in [0.5, 0.6) is 0 Å². The van der Waals surface area contributed by atoms with E-state index in [2.05, 4.69) is 12.0 Å². The number of aryl methyl sites for hydroxylation is 1. The number of benzene rings is 1. The van der Waals surface area contributed by atoms with Crippen molar-refractivity contribution < 1.29 is 4.79 Å². The molecule has 0 amide bonds. The van der Waals surface area contributed by atoms with Gasteiger partial charge in [-0.3, -0.25) is 9.48 Å². The maximum Gasteiger partial charge on any atom is 0.159 e. The van der Waals surface area contributed by atoms with Crippen molar-refractivity contribution in [1.82, 2.24) is 9.78 Å². The predicted molar refractivity (Wildman–Crippen MR) is 68.1 cm³/mol. The number of aromatic nitrogens is 2. The van der Waals surface area contributed by atoms with Crippen LogP contribution in [0.1, 0.15) is 29.9 Å². The zero-order valence-corrected chi connectivity index (χ0v) is 10.4. The quantitative estimate of drug-likeness (QED) is 0.757. The molecule has 17 heavy (non-hydrogen) atoms. The van der Waals surface area contributed by atoms with Crippen LogP contribution in [0, 0.1) is 6.92 Å². The van der Waals surface area contributed by atoms with Crippen LogP contribution >= 0.6 is 0 Å². The van der Waals surface area contributed by atoms with E-state index in [-0.39, 0.29) is 5.78 Å². The summed E-state index contributed by atoms with van der Waals surface area (Å²) in [7, 11) is 0. The number of carbonyl (C=O) groups excluding carboxylic acids is 1. The second kappa shape index (κ2) is 4.53. The van der Waals surface area contributed by atoms with Crippen molar-refractivity contribution in [2.75, 3.05) is 0 Å². The molecule has 1 aromatic carbocycles. The first-order chi connectivity index (χ1) is 8.13. The highest BCUT2D eigenvalue weighted by Crippen LogP contribution is 2.24. The molecule has 1 heterocycles. The Morgan fingerprint density at radius 1 is 1.41 bits per heavy atom. The zero-order chi connectivity index (χ0) is 12.4. The lowest BCUT2D eigenvalue weighted by Gasteiger charge is -2.04. The third kappa shape index (κ3) is 2.13. The molecule has 0 radical (unpaired) electrons. The summed E-state index contributed by atoms with van der Waals surface area (Å²) in [5.41, 5.74) is 4.02. The molecule has 3 heteroatoms. The molecule has 2 aromatic rings. The summed E-state index contributed by atoms with van der Waals surface area (Å²) in [4.78, 5) is 11.4. The molecule has 0 aliphatic heterocycles. The van der Waals surface area contributed by atoms with E-state index in [0.717, 1.165) is 28.9 Å². The Kier molecular flexibility index (Phi) is 3.09. The fourth-order valence-corrected chi connectivity index (χ4v) is 1.95. The average molecular weight is 228 g/mol. The van der Waals surface area contributed by atoms with Crippen molar-refractivity contribution in [3.05, 3.63) is 41.7 Å². The van der Waals surface area contributed by atoms with Gasteiger partial charge in [0, 0.05) is 23.4 Å². The van der Waals surface area contributed by atoms with Gasteiger partial charge in [0.05, 0.1) is 6.20 Å². The summed E-state index contributed by atoms with van der Waals surface area (Å²) in [6, 6.07) is 7.68. The Morgan fingerprint density at radius 3 is 2.76 bits per heavy atom. The predicted octanol–water partition coefficient (Wildman–Crippen LogP) is 3.08. The van der Waals surface area contributed by atoms with Gasteiger partial charge in [0.1, 0.15) is 0 Å². The number of Topliss-reactive ketones (excluding diaryl/α,β-unsaturated/α-hetero) is 1. The van der Waals surface area contributed by atoms with Gasteiger partial charge >= 0.3 is 0 Å². The molecule has 88 valence electrons. The van der Waals surface area contributed by atoms with E-state index < -0.39 is 0 Å². The molecule has 0 atom stereocenters. The van der Waals surface area contributed by atoms with Crippen LogP contribution in [0.3, 0.4) is 0 Å². The van der Waals surface area contributed by atoms with Gasteiger partial charge in [0.2, 0.25) is 0 Å². The molecule has 0 bridgehead atoms. The molecule has 0 unspecified atom stereocenters. The molecule has 0 fully saturated rings. The van der Waals surface area contributed by atoms with Gasteiger partial charge in [-0.25, -0.2) is 0 Å². The highest BCUT2D eigenvalue weighted by Gasteiger charge is 2.08. The van der Waals surface area contributed by atoms with E-state index in [0.29, 0.717) is 0 Å². The molecule has 1 aromatic heterocycles. The Morgan fingerprint density at radius 2 is 2.18 bits per heavy atom. The molecule has 0 aliphatic carbocycles. The molecule has 0 spiro atoms. The first-order valence-electron chi connectivity index (χ1n) is 5.77. The molecule has 0 aliphatic rings. The number of hydrogen-bond acceptors (Lipinski definition) is 2. The maximum absolute atomic E-state index is 11.4. The van der Waals surface area contributed by atoms with Crippen LogP contribution in [0.15, 0.2) is 30.5 Å². The van der Waals surface area contributed by atoms with E-state index >= 15 is 0 Å². The average Bonchev–Trinajstić information content (AvgIpc) is 2.70. The normalized spacial score (nSPS) is 10.5. The van der Waals surface area contributed by atoms with E-state index in [1.807, 2.05) is 42.1 Å². The summed E-state index contributed by atoms with van der Waals surface area (Å²) in [6.07, 6.45) is 1.86. The van der Waals surface area contributed by atoms with Crippen molar-refractivity contribution in [3.8, 4) is 11.1 Å². The monoisotopic (exact) mass is 228 g/mol. The number of rotatable bonds is 3. The largest absolute Gasteiger partial charge is 0.295 e. The smallest absolute Gasteiger partial charge is 0.159 e. The molecular formula is C14H16N2O. The van der Waals surface area contributed by atoms with Gasteiger partial charge < -0.3 is 0 Å². The summed E-state index contributed by atoms with van der Waals surface area (Å²) in [6.45, 7) is 6.56. The highest BCUT2D eigenvalue weighted by molar-refractivity contribution is 5.95. The molecule has 0 N–H and O–H groups in total. The van der Waals surface area contributed by atoms with Gasteiger partial charge in [-0.1, -0.05) is 18.2 Å². The number of hydrogen-bond donors (Lipinski definition) is 0. The molecule has 3 nitrogen and oxygen atoms in total. The van der Waals surface area contributed by atoms with E-state index in [1.165, 1.54) is 0 Å². The van der Waals surface area contributed by atoms with Gasteiger partial charge in [-0.05, 0) is 32.4 Å². The minimum Gasteiger partial charge on any atom is -0.295 e. The van der Waals surface area contributed by atoms with Crippen molar-refractivity contribution in [2.45, 2.75) is 27.3 Å². The first-order valence-corrected chi connectivity index (χ1v) is 5.77. The van der Waals surface area contributed by atoms with Gasteiger partial charge in [0.15, 0.2) is 5.78 Å². The van der Waals surface area contributed by atoms with Crippen LogP contribution in [0.2, 0.25) is 0 Å². The van der Waals surface area contributed by atoms with Gasteiger partial charge in [-0.2, -0.15) is 5.10 Å². The van der Waals surface area contributed by atoms with E-state index in [4.69, 9.17) is 0 Å². The SMILES string of the molecule is CCn1ncc(-c2cccc(C(C)=O)c2)c1C.